The van der Waals surface area contributed by atoms with E-state index in [1.807, 2.05) is 33.3 Å². The summed E-state index contributed by atoms with van der Waals surface area (Å²) in [6, 6.07) is -0.890. The Morgan fingerprint density at radius 3 is 1.93 bits per heavy atom. The number of unbranched alkanes of at least 4 members (excludes halogenated alkanes) is 11. The van der Waals surface area contributed by atoms with E-state index in [-0.39, 0.29) is 25.5 Å². The number of carbonyl (C=O) groups is 1. The lowest BCUT2D eigenvalue weighted by atomic mass is 10.1. The fourth-order valence-corrected chi connectivity index (χ4v) is 5.13. The van der Waals surface area contributed by atoms with E-state index in [2.05, 4.69) is 49.5 Å². The molecule has 1 amide bonds. The molecule has 0 aromatic heterocycles. The highest BCUT2D eigenvalue weighted by Crippen LogP contribution is 2.43. The van der Waals surface area contributed by atoms with E-state index in [4.69, 9.17) is 9.05 Å². The number of amides is 1. The number of phosphoric ester groups is 1. The molecule has 0 fully saturated rings. The Balaban J connectivity index is 4.74. The van der Waals surface area contributed by atoms with Crippen molar-refractivity contribution in [2.75, 3.05) is 40.9 Å². The zero-order chi connectivity index (χ0) is 33.7. The summed E-state index contributed by atoms with van der Waals surface area (Å²) in [5.74, 6) is -0.260. The van der Waals surface area contributed by atoms with E-state index in [1.54, 1.807) is 6.08 Å². The Bertz CT molecular complexity index is 881. The van der Waals surface area contributed by atoms with Crippen LogP contribution in [-0.4, -0.2) is 73.4 Å². The summed E-state index contributed by atoms with van der Waals surface area (Å²) in [4.78, 5) is 22.8. The first-order valence-corrected chi connectivity index (χ1v) is 19.0. The molecule has 0 saturated heterocycles. The monoisotopic (exact) mass is 655 g/mol. The second kappa shape index (κ2) is 28.7. The fourth-order valence-electron chi connectivity index (χ4n) is 4.40. The molecule has 9 heteroatoms. The van der Waals surface area contributed by atoms with Gasteiger partial charge in [0.1, 0.15) is 13.2 Å². The van der Waals surface area contributed by atoms with Crippen LogP contribution in [0.1, 0.15) is 123 Å². The number of likely N-dealkylation sites (N-methyl/N-ethyl adjacent to an activating group) is 1. The van der Waals surface area contributed by atoms with Gasteiger partial charge in [0.05, 0.1) is 39.9 Å². The minimum absolute atomic E-state index is 0.0451. The van der Waals surface area contributed by atoms with Gasteiger partial charge in [0, 0.05) is 6.42 Å². The van der Waals surface area contributed by atoms with Gasteiger partial charge in [-0.2, -0.15) is 0 Å². The molecule has 0 aliphatic carbocycles. The third-order valence-electron chi connectivity index (χ3n) is 7.28. The summed E-state index contributed by atoms with van der Waals surface area (Å²) in [5, 5.41) is 13.6. The topological polar surface area (TPSA) is 105 Å². The second-order valence-corrected chi connectivity index (χ2v) is 14.3. The molecule has 3 unspecified atom stereocenters. The smallest absolute Gasteiger partial charge is 0.387 e. The van der Waals surface area contributed by atoms with Crippen LogP contribution >= 0.6 is 7.82 Å². The van der Waals surface area contributed by atoms with Crippen molar-refractivity contribution in [2.24, 2.45) is 0 Å². The molecule has 0 heterocycles. The molecule has 0 aromatic rings. The third kappa shape index (κ3) is 30.9. The molecule has 3 N–H and O–H groups in total. The van der Waals surface area contributed by atoms with E-state index in [9.17, 15) is 19.4 Å². The number of aliphatic hydroxyl groups excluding tert-OH is 1. The summed E-state index contributed by atoms with van der Waals surface area (Å²) < 4.78 is 23.3. The maximum Gasteiger partial charge on any atom is 0.472 e. The van der Waals surface area contributed by atoms with E-state index in [1.165, 1.54) is 64.2 Å². The maximum atomic E-state index is 12.7. The Morgan fingerprint density at radius 2 is 1.29 bits per heavy atom. The first-order chi connectivity index (χ1) is 21.5. The second-order valence-electron chi connectivity index (χ2n) is 12.9. The first-order valence-electron chi connectivity index (χ1n) is 17.5. The molecular weight excluding hydrogens is 587 g/mol. The Labute approximate surface area is 276 Å². The number of allylic oxidation sites excluding steroid dienone is 7. The molecule has 8 nitrogen and oxygen atoms in total. The minimum atomic E-state index is -4.34. The number of carbonyl (C=O) groups excluding carboxylic acids is 1. The van der Waals surface area contributed by atoms with Gasteiger partial charge in [0.15, 0.2) is 0 Å². The fraction of sp³-hybridized carbons (Fsp3) is 0.750. The molecule has 0 aliphatic rings. The van der Waals surface area contributed by atoms with Gasteiger partial charge in [0.2, 0.25) is 5.91 Å². The molecule has 0 saturated carbocycles. The van der Waals surface area contributed by atoms with E-state index >= 15 is 0 Å². The van der Waals surface area contributed by atoms with Crippen molar-refractivity contribution >= 4 is 13.7 Å². The van der Waals surface area contributed by atoms with Crippen LogP contribution in [0, 0.1) is 0 Å². The lowest BCUT2D eigenvalue weighted by molar-refractivity contribution is -0.870. The number of nitrogens with zero attached hydrogens (tertiary/aromatic N) is 1. The van der Waals surface area contributed by atoms with Gasteiger partial charge in [-0.15, -0.1) is 0 Å². The van der Waals surface area contributed by atoms with Crippen molar-refractivity contribution in [3.63, 3.8) is 0 Å². The van der Waals surface area contributed by atoms with Gasteiger partial charge < -0.3 is 19.8 Å². The summed E-state index contributed by atoms with van der Waals surface area (Å²) in [6.45, 7) is 4.66. The average molecular weight is 656 g/mol. The molecule has 262 valence electrons. The Kier molecular flexibility index (Phi) is 27.7. The third-order valence-corrected chi connectivity index (χ3v) is 8.27. The number of hydrogen-bond acceptors (Lipinski definition) is 5. The number of aliphatic hydroxyl groups is 1. The van der Waals surface area contributed by atoms with Crippen molar-refractivity contribution in [3.05, 3.63) is 48.6 Å². The van der Waals surface area contributed by atoms with Gasteiger partial charge in [-0.25, -0.2) is 4.57 Å². The van der Waals surface area contributed by atoms with Crippen molar-refractivity contribution in [2.45, 2.75) is 135 Å². The molecule has 0 aliphatic heterocycles. The van der Waals surface area contributed by atoms with Crippen molar-refractivity contribution in [1.82, 2.24) is 5.32 Å². The van der Waals surface area contributed by atoms with Crippen molar-refractivity contribution in [3.8, 4) is 0 Å². The minimum Gasteiger partial charge on any atom is -0.387 e. The number of nitrogens with one attached hydrogen (secondary N) is 1. The van der Waals surface area contributed by atoms with Crippen LogP contribution in [-0.2, 0) is 18.4 Å². The van der Waals surface area contributed by atoms with E-state index in [0.717, 1.165) is 32.1 Å². The number of hydrogen-bond donors (Lipinski definition) is 3. The average Bonchev–Trinajstić information content (AvgIpc) is 2.97. The maximum absolute atomic E-state index is 12.7. The van der Waals surface area contributed by atoms with Gasteiger partial charge in [-0.3, -0.25) is 13.8 Å². The van der Waals surface area contributed by atoms with Gasteiger partial charge >= 0.3 is 7.82 Å². The standard InChI is InChI=1S/C36H67N2O6P/c1-6-8-10-12-14-16-18-19-20-22-24-26-28-30-36(40)37-34(33-44-45(41,42)43-32-31-38(3,4)5)35(39)29-27-25-23-21-17-15-13-11-9-7-2/h17,19-21,24,26-27,29,34-35,39H,6-16,18,22-23,25,28,30-33H2,1-5H3,(H-,37,40,41,42)/p+1/b20-19-,21-17+,26-24-,29-27+. The van der Waals surface area contributed by atoms with Gasteiger partial charge in [-0.1, -0.05) is 114 Å². The quantitative estimate of drug-likeness (QED) is 0.0310. The highest BCUT2D eigenvalue weighted by molar-refractivity contribution is 7.47. The SMILES string of the molecule is CCCCCC/C=C/CC/C=C/C(O)C(COP(=O)(O)OCC[N+](C)(C)C)NC(=O)CC/C=C\C/C=C\CCCCCCCC. The van der Waals surface area contributed by atoms with Crippen LogP contribution in [0.15, 0.2) is 48.6 Å². The zero-order valence-corrected chi connectivity index (χ0v) is 30.2. The van der Waals surface area contributed by atoms with Crippen LogP contribution in [0.25, 0.3) is 0 Å². The molecule has 0 radical (unpaired) electrons. The normalized spacial score (nSPS) is 15.4. The zero-order valence-electron chi connectivity index (χ0n) is 29.3. The first kappa shape index (κ1) is 43.5. The molecule has 3 atom stereocenters. The Hall–Kier alpha value is -1.54. The van der Waals surface area contributed by atoms with E-state index in [0.29, 0.717) is 17.4 Å². The summed E-state index contributed by atoms with van der Waals surface area (Å²) in [5.41, 5.74) is 0. The predicted octanol–water partition coefficient (Wildman–Crippen LogP) is 8.57. The number of phosphoric acid groups is 1. The molecule has 0 aromatic carbocycles. The van der Waals surface area contributed by atoms with Gasteiger partial charge in [0.25, 0.3) is 0 Å². The van der Waals surface area contributed by atoms with Gasteiger partial charge in [-0.05, 0) is 51.4 Å². The van der Waals surface area contributed by atoms with Crippen molar-refractivity contribution < 1.29 is 32.9 Å². The molecule has 0 rings (SSSR count). The summed E-state index contributed by atoms with van der Waals surface area (Å²) in [7, 11) is 1.51. The van der Waals surface area contributed by atoms with Crippen LogP contribution in [0.4, 0.5) is 0 Å². The molecule has 0 spiro atoms. The lowest BCUT2D eigenvalue weighted by Gasteiger charge is -2.25. The largest absolute Gasteiger partial charge is 0.472 e. The van der Waals surface area contributed by atoms with Crippen LogP contribution in [0.2, 0.25) is 0 Å². The summed E-state index contributed by atoms with van der Waals surface area (Å²) in [6.07, 6.45) is 33.4. The number of quaternary nitrogens is 1. The Morgan fingerprint density at radius 1 is 0.756 bits per heavy atom. The number of rotatable bonds is 30. The lowest BCUT2D eigenvalue weighted by Crippen LogP contribution is -2.45. The summed E-state index contributed by atoms with van der Waals surface area (Å²) >= 11 is 0. The highest BCUT2D eigenvalue weighted by atomic mass is 31.2. The molecule has 0 bridgehead atoms. The van der Waals surface area contributed by atoms with Crippen LogP contribution in [0.5, 0.6) is 0 Å². The van der Waals surface area contributed by atoms with Crippen LogP contribution < -0.4 is 5.32 Å². The van der Waals surface area contributed by atoms with Crippen molar-refractivity contribution in [1.29, 1.82) is 0 Å². The van der Waals surface area contributed by atoms with Crippen LogP contribution in [0.3, 0.4) is 0 Å². The highest BCUT2D eigenvalue weighted by Gasteiger charge is 2.27. The van der Waals surface area contributed by atoms with E-state index < -0.39 is 20.0 Å². The predicted molar refractivity (Wildman–Crippen MR) is 189 cm³/mol. The molecular formula is C36H68N2O6P+. The molecule has 45 heavy (non-hydrogen) atoms.